The minimum Gasteiger partial charge on any atom is -0.497 e. The Labute approximate surface area is 70.1 Å². The van der Waals surface area contributed by atoms with Gasteiger partial charge < -0.3 is 4.74 Å². The highest BCUT2D eigenvalue weighted by Crippen LogP contribution is 2.34. The van der Waals surface area contributed by atoms with Crippen LogP contribution in [0.25, 0.3) is 0 Å². The van der Waals surface area contributed by atoms with Crippen molar-refractivity contribution < 1.29 is 4.74 Å². The van der Waals surface area contributed by atoms with E-state index in [-0.39, 0.29) is 0 Å². The fourth-order valence-corrected chi connectivity index (χ4v) is 1.10. The number of hydrogen-bond donors (Lipinski definition) is 1. The molecule has 1 aromatic carbocycles. The summed E-state index contributed by atoms with van der Waals surface area (Å²) in [6.07, 6.45) is 0.448. The lowest BCUT2D eigenvalue weighted by molar-refractivity contribution is 0.414. The van der Waals surface area contributed by atoms with Crippen molar-refractivity contribution in [2.45, 2.75) is 0 Å². The summed E-state index contributed by atoms with van der Waals surface area (Å²) in [6, 6.07) is 5.48. The van der Waals surface area contributed by atoms with Gasteiger partial charge in [0.05, 0.1) is 12.8 Å². The van der Waals surface area contributed by atoms with Gasteiger partial charge in [-0.25, -0.2) is 0 Å². The van der Waals surface area contributed by atoms with E-state index in [1.54, 1.807) is 7.11 Å². The molecule has 1 aromatic rings. The third-order valence-electron chi connectivity index (χ3n) is 1.75. The Morgan fingerprint density at radius 2 is 2.17 bits per heavy atom. The number of hydrogen-bond acceptors (Lipinski definition) is 4. The maximum atomic E-state index is 5.57. The van der Waals surface area contributed by atoms with Crippen molar-refractivity contribution in [1.29, 1.82) is 0 Å². The second-order valence-electron chi connectivity index (χ2n) is 2.47. The Balaban J connectivity index is 2.48. The summed E-state index contributed by atoms with van der Waals surface area (Å²) in [6.45, 7) is 0. The highest BCUT2D eigenvalue weighted by Gasteiger charge is 2.18. The van der Waals surface area contributed by atoms with Crippen LogP contribution in [-0.2, 0) is 0 Å². The molecule has 0 saturated carbocycles. The minimum absolute atomic E-state index is 0.448. The monoisotopic (exact) mass is 162 g/mol. The van der Waals surface area contributed by atoms with Gasteiger partial charge in [-0.1, -0.05) is 0 Å². The van der Waals surface area contributed by atoms with Crippen LogP contribution in [0.2, 0.25) is 0 Å². The third kappa shape index (κ3) is 0.967. The molecule has 0 bridgehead atoms. The average Bonchev–Trinajstić information content (AvgIpc) is 2.47. The minimum atomic E-state index is 0.448. The maximum Gasteiger partial charge on any atom is 0.202 e. The number of nitrogens with zero attached hydrogens (tertiary/aromatic N) is 2. The van der Waals surface area contributed by atoms with Gasteiger partial charge in [-0.05, 0) is 18.2 Å². The van der Waals surface area contributed by atoms with Crippen molar-refractivity contribution >= 4 is 5.69 Å². The first kappa shape index (κ1) is 7.24. The maximum absolute atomic E-state index is 5.57. The Bertz CT molecular complexity index is 335. The van der Waals surface area contributed by atoms with Crippen LogP contribution in [0.15, 0.2) is 28.4 Å². The van der Waals surface area contributed by atoms with Crippen molar-refractivity contribution in [3.63, 3.8) is 0 Å². The summed E-state index contributed by atoms with van der Waals surface area (Å²) in [5, 5.41) is 7.61. The lowest BCUT2D eigenvalue weighted by atomic mass is 10.1. The molecule has 1 radical (unpaired) electrons. The standard InChI is InChI=1S/C8H8N3O/c1-12-5-2-3-7-6(4-5)8(9)11-10-7/h2-4H,9H2,1H3. The van der Waals surface area contributed by atoms with Crippen LogP contribution in [0.3, 0.4) is 0 Å². The molecule has 0 saturated heterocycles. The summed E-state index contributed by atoms with van der Waals surface area (Å²) in [5.74, 6) is 0.768. The van der Waals surface area contributed by atoms with Crippen molar-refractivity contribution in [3.05, 3.63) is 29.9 Å². The first-order chi connectivity index (χ1) is 5.81. The molecule has 1 heterocycles. The summed E-state index contributed by atoms with van der Waals surface area (Å²) < 4.78 is 5.04. The molecule has 2 N–H and O–H groups in total. The van der Waals surface area contributed by atoms with Gasteiger partial charge in [-0.15, -0.1) is 0 Å². The van der Waals surface area contributed by atoms with Crippen LogP contribution in [0.5, 0.6) is 5.75 Å². The second kappa shape index (κ2) is 2.57. The van der Waals surface area contributed by atoms with Gasteiger partial charge in [0.25, 0.3) is 0 Å². The highest BCUT2D eigenvalue weighted by atomic mass is 16.5. The number of nitrogens with two attached hydrogens (primary N) is 1. The van der Waals surface area contributed by atoms with Gasteiger partial charge in [0.2, 0.25) is 6.17 Å². The van der Waals surface area contributed by atoms with Crippen LogP contribution >= 0.6 is 0 Å². The molecule has 4 nitrogen and oxygen atoms in total. The van der Waals surface area contributed by atoms with Gasteiger partial charge in [-0.3, -0.25) is 5.73 Å². The number of methoxy groups -OCH3 is 1. The van der Waals surface area contributed by atoms with Gasteiger partial charge in [0, 0.05) is 5.56 Å². The number of rotatable bonds is 1. The molecule has 0 spiro atoms. The van der Waals surface area contributed by atoms with E-state index in [0.717, 1.165) is 17.0 Å². The van der Waals surface area contributed by atoms with Crippen LogP contribution in [-0.4, -0.2) is 7.11 Å². The quantitative estimate of drug-likeness (QED) is 0.681. The van der Waals surface area contributed by atoms with Crippen LogP contribution in [0, 0.1) is 6.17 Å². The second-order valence-corrected chi connectivity index (χ2v) is 2.47. The number of benzene rings is 1. The zero-order valence-electron chi connectivity index (χ0n) is 6.61. The van der Waals surface area contributed by atoms with Gasteiger partial charge >= 0.3 is 0 Å². The summed E-state index contributed by atoms with van der Waals surface area (Å²) in [5.41, 5.74) is 7.21. The summed E-state index contributed by atoms with van der Waals surface area (Å²) in [7, 11) is 1.61. The molecule has 0 unspecified atom stereocenters. The first-order valence-electron chi connectivity index (χ1n) is 3.54. The molecule has 0 aliphatic carbocycles. The largest absolute Gasteiger partial charge is 0.497 e. The molecule has 1 aliphatic rings. The van der Waals surface area contributed by atoms with Gasteiger partial charge in [0.15, 0.2) is 0 Å². The normalized spacial score (nSPS) is 14.8. The van der Waals surface area contributed by atoms with Gasteiger partial charge in [-0.2, -0.15) is 10.2 Å². The molecule has 1 aliphatic heterocycles. The lowest BCUT2D eigenvalue weighted by Gasteiger charge is -2.02. The third-order valence-corrected chi connectivity index (χ3v) is 1.75. The molecule has 0 fully saturated rings. The van der Waals surface area contributed by atoms with Crippen molar-refractivity contribution in [1.82, 2.24) is 0 Å². The van der Waals surface area contributed by atoms with Crippen molar-refractivity contribution in [3.8, 4) is 5.75 Å². The summed E-state index contributed by atoms with van der Waals surface area (Å²) >= 11 is 0. The number of azo groups is 1. The van der Waals surface area contributed by atoms with E-state index in [2.05, 4.69) is 10.2 Å². The predicted molar refractivity (Wildman–Crippen MR) is 44.0 cm³/mol. The molecule has 61 valence electrons. The molecular weight excluding hydrogens is 154 g/mol. The predicted octanol–water partition coefficient (Wildman–Crippen LogP) is 1.59. The van der Waals surface area contributed by atoms with E-state index in [4.69, 9.17) is 10.5 Å². The van der Waals surface area contributed by atoms with Crippen molar-refractivity contribution in [2.75, 3.05) is 7.11 Å². The van der Waals surface area contributed by atoms with E-state index in [9.17, 15) is 0 Å². The number of fused-ring (bicyclic) bond motifs is 1. The Kier molecular flexibility index (Phi) is 1.55. The zero-order chi connectivity index (χ0) is 8.55. The van der Waals surface area contributed by atoms with Crippen molar-refractivity contribution in [2.24, 2.45) is 16.0 Å². The smallest absolute Gasteiger partial charge is 0.202 e. The zero-order valence-corrected chi connectivity index (χ0v) is 6.61. The molecule has 12 heavy (non-hydrogen) atoms. The summed E-state index contributed by atoms with van der Waals surface area (Å²) in [4.78, 5) is 0. The molecule has 0 aromatic heterocycles. The fourth-order valence-electron chi connectivity index (χ4n) is 1.10. The van der Waals surface area contributed by atoms with Crippen LogP contribution < -0.4 is 10.5 Å². The van der Waals surface area contributed by atoms with E-state index < -0.39 is 0 Å². The average molecular weight is 162 g/mol. The molecular formula is C8H8N3O. The van der Waals surface area contributed by atoms with Crippen LogP contribution in [0.1, 0.15) is 5.56 Å². The topological polar surface area (TPSA) is 60.0 Å². The first-order valence-corrected chi connectivity index (χ1v) is 3.54. The fraction of sp³-hybridized carbons (Fsp3) is 0.125. The number of ether oxygens (including phenoxy) is 1. The van der Waals surface area contributed by atoms with Crippen LogP contribution in [0.4, 0.5) is 5.69 Å². The van der Waals surface area contributed by atoms with E-state index >= 15 is 0 Å². The molecule has 0 amide bonds. The van der Waals surface area contributed by atoms with Gasteiger partial charge in [0.1, 0.15) is 5.75 Å². The molecule has 0 atom stereocenters. The van der Waals surface area contributed by atoms with E-state index in [0.29, 0.717) is 6.17 Å². The molecule has 2 rings (SSSR count). The SMILES string of the molecule is COc1ccc2c(c1)[C](N)N=N2. The Morgan fingerprint density at radius 3 is 2.92 bits per heavy atom. The molecule has 4 heteroatoms. The Morgan fingerprint density at radius 1 is 1.33 bits per heavy atom. The lowest BCUT2D eigenvalue weighted by Crippen LogP contribution is -2.04. The van der Waals surface area contributed by atoms with E-state index in [1.165, 1.54) is 0 Å². The van der Waals surface area contributed by atoms with E-state index in [1.807, 2.05) is 18.2 Å². The Hall–Kier alpha value is -1.42. The highest BCUT2D eigenvalue weighted by molar-refractivity contribution is 5.57.